The predicted octanol–water partition coefficient (Wildman–Crippen LogP) is 3.40. The van der Waals surface area contributed by atoms with Gasteiger partial charge in [-0.25, -0.2) is 9.97 Å². The fraction of sp³-hybridized carbons (Fsp3) is 0.333. The average molecular weight is 292 g/mol. The van der Waals surface area contributed by atoms with E-state index in [1.165, 1.54) is 0 Å². The first-order valence-electron chi connectivity index (χ1n) is 6.56. The second-order valence-corrected chi connectivity index (χ2v) is 5.32. The highest BCUT2D eigenvalue weighted by Crippen LogP contribution is 2.20. The van der Waals surface area contributed by atoms with Crippen LogP contribution < -0.4 is 5.32 Å². The fourth-order valence-corrected chi connectivity index (χ4v) is 1.97. The van der Waals surface area contributed by atoms with Crippen LogP contribution in [-0.4, -0.2) is 21.7 Å². The molecule has 0 aliphatic rings. The number of nitrogens with one attached hydrogen (secondary N) is 1. The molecule has 2 rings (SSSR count). The summed E-state index contributed by atoms with van der Waals surface area (Å²) < 4.78 is 0. The predicted molar refractivity (Wildman–Crippen MR) is 81.0 cm³/mol. The van der Waals surface area contributed by atoms with Crippen molar-refractivity contribution in [1.82, 2.24) is 9.97 Å². The van der Waals surface area contributed by atoms with Crippen LogP contribution >= 0.6 is 11.6 Å². The molecule has 4 nitrogen and oxygen atoms in total. The Balaban J connectivity index is 2.17. The van der Waals surface area contributed by atoms with Crippen LogP contribution in [0.15, 0.2) is 36.5 Å². The number of halogens is 1. The Kier molecular flexibility index (Phi) is 4.93. The van der Waals surface area contributed by atoms with Crippen molar-refractivity contribution in [2.45, 2.75) is 25.8 Å². The molecule has 106 valence electrons. The molecule has 0 saturated heterocycles. The van der Waals surface area contributed by atoms with Gasteiger partial charge in [-0.15, -0.1) is 0 Å². The summed E-state index contributed by atoms with van der Waals surface area (Å²) in [5.41, 5.74) is 0.960. The molecular formula is C15H18ClN3O. The van der Waals surface area contributed by atoms with Crippen LogP contribution in [-0.2, 0) is 0 Å². The van der Waals surface area contributed by atoms with Crippen molar-refractivity contribution in [3.63, 3.8) is 0 Å². The molecule has 2 N–H and O–H groups in total. The van der Waals surface area contributed by atoms with E-state index < -0.39 is 0 Å². The number of aliphatic hydroxyl groups is 1. The lowest BCUT2D eigenvalue weighted by molar-refractivity contribution is 0.276. The van der Waals surface area contributed by atoms with E-state index in [0.29, 0.717) is 10.8 Å². The Hall–Kier alpha value is -1.65. The Morgan fingerprint density at radius 1 is 1.20 bits per heavy atom. The Labute approximate surface area is 123 Å². The van der Waals surface area contributed by atoms with Crippen LogP contribution in [0.5, 0.6) is 0 Å². The van der Waals surface area contributed by atoms with Gasteiger partial charge in [0.05, 0.1) is 12.6 Å². The minimum Gasteiger partial charge on any atom is -0.394 e. The highest BCUT2D eigenvalue weighted by atomic mass is 35.5. The van der Waals surface area contributed by atoms with E-state index in [2.05, 4.69) is 15.3 Å². The van der Waals surface area contributed by atoms with Crippen molar-refractivity contribution < 1.29 is 5.11 Å². The number of anilines is 1. The molecule has 0 amide bonds. The summed E-state index contributed by atoms with van der Waals surface area (Å²) in [5, 5.41) is 13.4. The zero-order valence-electron chi connectivity index (χ0n) is 11.5. The minimum atomic E-state index is -0.220. The minimum absolute atomic E-state index is 0.0252. The highest BCUT2D eigenvalue weighted by molar-refractivity contribution is 6.30. The van der Waals surface area contributed by atoms with Crippen LogP contribution in [0.25, 0.3) is 0 Å². The van der Waals surface area contributed by atoms with Crippen LogP contribution in [0.3, 0.4) is 0 Å². The molecule has 0 bridgehead atoms. The normalized spacial score (nSPS) is 12.4. The van der Waals surface area contributed by atoms with Gasteiger partial charge < -0.3 is 10.4 Å². The topological polar surface area (TPSA) is 58.0 Å². The van der Waals surface area contributed by atoms with E-state index in [1.54, 1.807) is 24.4 Å². The van der Waals surface area contributed by atoms with Crippen molar-refractivity contribution in [1.29, 1.82) is 0 Å². The summed E-state index contributed by atoms with van der Waals surface area (Å²) in [7, 11) is 0. The van der Waals surface area contributed by atoms with E-state index in [9.17, 15) is 5.11 Å². The van der Waals surface area contributed by atoms with Crippen LogP contribution in [0.4, 0.5) is 5.82 Å². The maximum Gasteiger partial charge on any atom is 0.133 e. The molecular weight excluding hydrogens is 274 g/mol. The standard InChI is InChI=1S/C15H18ClN3O/c1-10(2)15-17-8-7-14(19-15)18-13(9-20)11-3-5-12(16)6-4-11/h3-8,10,13,20H,9H2,1-2H3,(H,17,18,19). The Morgan fingerprint density at radius 3 is 2.50 bits per heavy atom. The monoisotopic (exact) mass is 291 g/mol. The molecule has 0 saturated carbocycles. The first kappa shape index (κ1) is 14.8. The molecule has 1 heterocycles. The van der Waals surface area contributed by atoms with Gasteiger partial charge in [0, 0.05) is 17.1 Å². The first-order valence-corrected chi connectivity index (χ1v) is 6.93. The van der Waals surface area contributed by atoms with Gasteiger partial charge in [0.15, 0.2) is 0 Å². The second-order valence-electron chi connectivity index (χ2n) is 4.89. The SMILES string of the molecule is CC(C)c1nccc(NC(CO)c2ccc(Cl)cc2)n1. The van der Waals surface area contributed by atoms with Crippen LogP contribution in [0.2, 0.25) is 5.02 Å². The molecule has 1 atom stereocenters. The number of hydrogen-bond acceptors (Lipinski definition) is 4. The van der Waals surface area contributed by atoms with Gasteiger partial charge in [-0.05, 0) is 23.8 Å². The van der Waals surface area contributed by atoms with E-state index in [0.717, 1.165) is 11.4 Å². The summed E-state index contributed by atoms with van der Waals surface area (Å²) in [5.74, 6) is 1.75. The van der Waals surface area contributed by atoms with E-state index >= 15 is 0 Å². The van der Waals surface area contributed by atoms with E-state index in [1.807, 2.05) is 26.0 Å². The summed E-state index contributed by atoms with van der Waals surface area (Å²) >= 11 is 5.87. The van der Waals surface area contributed by atoms with Crippen molar-refractivity contribution in [2.75, 3.05) is 11.9 Å². The van der Waals surface area contributed by atoms with Crippen molar-refractivity contribution in [3.8, 4) is 0 Å². The third-order valence-corrected chi connectivity index (χ3v) is 3.22. The maximum absolute atomic E-state index is 9.55. The lowest BCUT2D eigenvalue weighted by Gasteiger charge is -2.18. The van der Waals surface area contributed by atoms with Crippen molar-refractivity contribution in [2.24, 2.45) is 0 Å². The summed E-state index contributed by atoms with van der Waals surface area (Å²) in [6.07, 6.45) is 1.72. The van der Waals surface area contributed by atoms with E-state index in [4.69, 9.17) is 11.6 Å². The lowest BCUT2D eigenvalue weighted by atomic mass is 10.1. The molecule has 0 spiro atoms. The Bertz CT molecular complexity index is 557. The summed E-state index contributed by atoms with van der Waals surface area (Å²) in [6, 6.07) is 8.97. The quantitative estimate of drug-likeness (QED) is 0.886. The number of benzene rings is 1. The van der Waals surface area contributed by atoms with Gasteiger partial charge >= 0.3 is 0 Å². The van der Waals surface area contributed by atoms with Crippen molar-refractivity contribution >= 4 is 17.4 Å². The third-order valence-electron chi connectivity index (χ3n) is 2.97. The smallest absolute Gasteiger partial charge is 0.133 e. The van der Waals surface area contributed by atoms with Gasteiger partial charge in [0.2, 0.25) is 0 Å². The van der Waals surface area contributed by atoms with E-state index in [-0.39, 0.29) is 18.6 Å². The molecule has 0 radical (unpaired) electrons. The number of aromatic nitrogens is 2. The zero-order valence-corrected chi connectivity index (χ0v) is 12.3. The summed E-state index contributed by atoms with van der Waals surface area (Å²) in [4.78, 5) is 8.67. The molecule has 1 aromatic carbocycles. The average Bonchev–Trinajstić information content (AvgIpc) is 2.46. The fourth-order valence-electron chi connectivity index (χ4n) is 1.84. The molecule has 0 aliphatic heterocycles. The summed E-state index contributed by atoms with van der Waals surface area (Å²) in [6.45, 7) is 4.06. The van der Waals surface area contributed by atoms with Gasteiger partial charge in [0.25, 0.3) is 0 Å². The van der Waals surface area contributed by atoms with Gasteiger partial charge in [-0.2, -0.15) is 0 Å². The van der Waals surface area contributed by atoms with Gasteiger partial charge in [-0.3, -0.25) is 0 Å². The van der Waals surface area contributed by atoms with Gasteiger partial charge in [-0.1, -0.05) is 37.6 Å². The molecule has 0 fully saturated rings. The highest BCUT2D eigenvalue weighted by Gasteiger charge is 2.12. The molecule has 1 aromatic heterocycles. The molecule has 0 aliphatic carbocycles. The lowest BCUT2D eigenvalue weighted by Crippen LogP contribution is -2.16. The number of rotatable bonds is 5. The maximum atomic E-state index is 9.55. The van der Waals surface area contributed by atoms with Crippen molar-refractivity contribution in [3.05, 3.63) is 52.9 Å². The first-order chi connectivity index (χ1) is 9.60. The molecule has 20 heavy (non-hydrogen) atoms. The number of nitrogens with zero attached hydrogens (tertiary/aromatic N) is 2. The van der Waals surface area contributed by atoms with Crippen LogP contribution in [0, 0.1) is 0 Å². The number of aliphatic hydroxyl groups excluding tert-OH is 1. The van der Waals surface area contributed by atoms with Crippen LogP contribution in [0.1, 0.15) is 37.2 Å². The molecule has 5 heteroatoms. The second kappa shape index (κ2) is 6.68. The largest absolute Gasteiger partial charge is 0.394 e. The molecule has 2 aromatic rings. The van der Waals surface area contributed by atoms with Gasteiger partial charge in [0.1, 0.15) is 11.6 Å². The Morgan fingerprint density at radius 2 is 1.90 bits per heavy atom. The number of hydrogen-bond donors (Lipinski definition) is 2. The zero-order chi connectivity index (χ0) is 14.5. The molecule has 1 unspecified atom stereocenters. The third kappa shape index (κ3) is 3.68.